The summed E-state index contributed by atoms with van der Waals surface area (Å²) in [6.45, 7) is 11.1. The number of amides is 2. The molecular weight excluding hydrogens is 546 g/mol. The second-order valence-electron chi connectivity index (χ2n) is 13.0. The fourth-order valence-corrected chi connectivity index (χ4v) is 5.67. The van der Waals surface area contributed by atoms with Crippen LogP contribution in [0.3, 0.4) is 0 Å². The zero-order chi connectivity index (χ0) is 32.2. The average Bonchev–Trinajstić information content (AvgIpc) is 3.02. The van der Waals surface area contributed by atoms with E-state index >= 15 is 0 Å². The van der Waals surface area contributed by atoms with E-state index in [0.717, 1.165) is 77.9 Å². The first-order valence-electron chi connectivity index (χ1n) is 19.3. The lowest BCUT2D eigenvalue weighted by Gasteiger charge is -2.22. The Morgan fingerprint density at radius 1 is 0.455 bits per heavy atom. The van der Waals surface area contributed by atoms with Crippen LogP contribution in [-0.2, 0) is 9.59 Å². The SMILES string of the molecule is CCCCCCCCCCCCNC(=O)CCNCCN(CCCCCN)CCC(=O)NCCCCCCCCCCCC. The lowest BCUT2D eigenvalue weighted by molar-refractivity contribution is -0.122. The van der Waals surface area contributed by atoms with Gasteiger partial charge >= 0.3 is 0 Å². The molecule has 0 heterocycles. The van der Waals surface area contributed by atoms with Crippen LogP contribution in [0.1, 0.15) is 174 Å². The van der Waals surface area contributed by atoms with Gasteiger partial charge in [-0.2, -0.15) is 0 Å². The molecule has 2 amide bonds. The Morgan fingerprint density at radius 2 is 0.886 bits per heavy atom. The molecule has 0 aliphatic heterocycles. The van der Waals surface area contributed by atoms with E-state index in [4.69, 9.17) is 5.73 Å². The van der Waals surface area contributed by atoms with Crippen LogP contribution in [0, 0.1) is 0 Å². The van der Waals surface area contributed by atoms with Crippen molar-refractivity contribution >= 4 is 11.8 Å². The van der Waals surface area contributed by atoms with E-state index in [-0.39, 0.29) is 11.8 Å². The molecule has 0 aromatic heterocycles. The Kier molecular flexibility index (Phi) is 35.3. The second kappa shape index (κ2) is 36.3. The highest BCUT2D eigenvalue weighted by Crippen LogP contribution is 2.11. The average molecular weight is 624 g/mol. The van der Waals surface area contributed by atoms with Crippen molar-refractivity contribution in [1.29, 1.82) is 0 Å². The van der Waals surface area contributed by atoms with E-state index in [9.17, 15) is 9.59 Å². The van der Waals surface area contributed by atoms with Gasteiger partial charge in [-0.25, -0.2) is 0 Å². The summed E-state index contributed by atoms with van der Waals surface area (Å²) in [5.41, 5.74) is 5.67. The second-order valence-corrected chi connectivity index (χ2v) is 13.0. The third-order valence-corrected chi connectivity index (χ3v) is 8.67. The summed E-state index contributed by atoms with van der Waals surface area (Å²) >= 11 is 0. The molecule has 0 fully saturated rings. The number of carbonyl (C=O) groups is 2. The highest BCUT2D eigenvalue weighted by atomic mass is 16.2. The van der Waals surface area contributed by atoms with Gasteiger partial charge in [0.05, 0.1) is 0 Å². The topological polar surface area (TPSA) is 99.5 Å². The van der Waals surface area contributed by atoms with Crippen LogP contribution in [0.5, 0.6) is 0 Å². The van der Waals surface area contributed by atoms with Crippen LogP contribution in [0.15, 0.2) is 0 Å². The highest BCUT2D eigenvalue weighted by molar-refractivity contribution is 5.76. The third kappa shape index (κ3) is 33.7. The predicted molar refractivity (Wildman–Crippen MR) is 191 cm³/mol. The summed E-state index contributed by atoms with van der Waals surface area (Å²) < 4.78 is 0. The normalized spacial score (nSPS) is 11.4. The molecule has 0 aliphatic carbocycles. The smallest absolute Gasteiger partial charge is 0.221 e. The number of rotatable bonds is 36. The van der Waals surface area contributed by atoms with Crippen LogP contribution >= 0.6 is 0 Å². The van der Waals surface area contributed by atoms with Crippen molar-refractivity contribution < 1.29 is 9.59 Å². The molecule has 0 radical (unpaired) electrons. The minimum Gasteiger partial charge on any atom is -0.356 e. The highest BCUT2D eigenvalue weighted by Gasteiger charge is 2.09. The Hall–Kier alpha value is -1.18. The van der Waals surface area contributed by atoms with Gasteiger partial charge in [0.15, 0.2) is 0 Å². The zero-order valence-corrected chi connectivity index (χ0v) is 29.7. The van der Waals surface area contributed by atoms with E-state index in [1.54, 1.807) is 0 Å². The molecule has 0 aromatic rings. The largest absolute Gasteiger partial charge is 0.356 e. The monoisotopic (exact) mass is 624 g/mol. The molecule has 0 bridgehead atoms. The molecule has 0 atom stereocenters. The van der Waals surface area contributed by atoms with E-state index < -0.39 is 0 Å². The predicted octanol–water partition coefficient (Wildman–Crippen LogP) is 7.86. The first kappa shape index (κ1) is 42.8. The standard InChI is InChI=1S/C37H77N5O2/c1-3-5-7-9-11-13-15-17-19-23-29-40-36(43)26-31-39-32-35-42(33-25-21-22-28-38)34-27-37(44)41-30-24-20-18-16-14-12-10-8-6-4-2/h39H,3-35,38H2,1-2H3,(H,40,43)(H,41,44). The van der Waals surface area contributed by atoms with Gasteiger partial charge in [0, 0.05) is 52.1 Å². The van der Waals surface area contributed by atoms with Crippen molar-refractivity contribution in [2.24, 2.45) is 5.73 Å². The molecule has 262 valence electrons. The minimum absolute atomic E-state index is 0.145. The number of hydrogen-bond acceptors (Lipinski definition) is 5. The fourth-order valence-electron chi connectivity index (χ4n) is 5.67. The first-order valence-corrected chi connectivity index (χ1v) is 19.3. The van der Waals surface area contributed by atoms with E-state index in [1.807, 2.05) is 0 Å². The molecule has 0 rings (SSSR count). The fraction of sp³-hybridized carbons (Fsp3) is 0.946. The van der Waals surface area contributed by atoms with Crippen LogP contribution in [0.25, 0.3) is 0 Å². The van der Waals surface area contributed by atoms with Crippen molar-refractivity contribution in [1.82, 2.24) is 20.9 Å². The van der Waals surface area contributed by atoms with Gasteiger partial charge in [-0.1, -0.05) is 136 Å². The van der Waals surface area contributed by atoms with Gasteiger partial charge in [0.1, 0.15) is 0 Å². The molecular formula is C37H77N5O2. The molecule has 0 aliphatic rings. The van der Waals surface area contributed by atoms with Gasteiger partial charge in [0.25, 0.3) is 0 Å². The lowest BCUT2D eigenvalue weighted by Crippen LogP contribution is -2.37. The Labute approximate surface area is 274 Å². The molecule has 5 N–H and O–H groups in total. The third-order valence-electron chi connectivity index (χ3n) is 8.67. The van der Waals surface area contributed by atoms with Crippen molar-refractivity contribution in [3.05, 3.63) is 0 Å². The maximum atomic E-state index is 12.4. The van der Waals surface area contributed by atoms with Gasteiger partial charge in [-0.3, -0.25) is 9.59 Å². The summed E-state index contributed by atoms with van der Waals surface area (Å²) in [5, 5.41) is 9.64. The van der Waals surface area contributed by atoms with Crippen molar-refractivity contribution in [2.45, 2.75) is 174 Å². The number of hydrogen-bond donors (Lipinski definition) is 4. The Bertz CT molecular complexity index is 604. The molecule has 0 saturated heterocycles. The molecule has 7 heteroatoms. The van der Waals surface area contributed by atoms with Gasteiger partial charge in [-0.05, 0) is 38.8 Å². The minimum atomic E-state index is 0.145. The van der Waals surface area contributed by atoms with E-state index in [1.165, 1.54) is 116 Å². The summed E-state index contributed by atoms with van der Waals surface area (Å²) in [7, 11) is 0. The number of carbonyl (C=O) groups excluding carboxylic acids is 2. The number of nitrogens with one attached hydrogen (secondary N) is 3. The molecule has 0 unspecified atom stereocenters. The Balaban J connectivity index is 3.85. The van der Waals surface area contributed by atoms with Gasteiger partial charge in [-0.15, -0.1) is 0 Å². The quantitative estimate of drug-likeness (QED) is 0.0533. The summed E-state index contributed by atoms with van der Waals surface area (Å²) in [6, 6.07) is 0. The summed E-state index contributed by atoms with van der Waals surface area (Å²) in [5.74, 6) is 0.311. The zero-order valence-electron chi connectivity index (χ0n) is 29.7. The number of nitrogens with two attached hydrogens (primary N) is 1. The van der Waals surface area contributed by atoms with Crippen molar-refractivity contribution in [3.63, 3.8) is 0 Å². The Morgan fingerprint density at radius 3 is 1.36 bits per heavy atom. The van der Waals surface area contributed by atoms with Crippen LogP contribution in [0.4, 0.5) is 0 Å². The molecule has 44 heavy (non-hydrogen) atoms. The maximum Gasteiger partial charge on any atom is 0.221 e. The van der Waals surface area contributed by atoms with E-state index in [0.29, 0.717) is 19.4 Å². The summed E-state index contributed by atoms with van der Waals surface area (Å²) in [4.78, 5) is 27.0. The van der Waals surface area contributed by atoms with Gasteiger partial charge < -0.3 is 26.6 Å². The van der Waals surface area contributed by atoms with Crippen LogP contribution < -0.4 is 21.7 Å². The first-order chi connectivity index (χ1) is 21.6. The van der Waals surface area contributed by atoms with Crippen molar-refractivity contribution in [3.8, 4) is 0 Å². The molecule has 0 aromatic carbocycles. The molecule has 0 saturated carbocycles. The van der Waals surface area contributed by atoms with Crippen LogP contribution in [-0.4, -0.2) is 69.1 Å². The van der Waals surface area contributed by atoms with Crippen LogP contribution in [0.2, 0.25) is 0 Å². The maximum absolute atomic E-state index is 12.4. The number of unbranched alkanes of at least 4 members (excludes halogenated alkanes) is 20. The van der Waals surface area contributed by atoms with E-state index in [2.05, 4.69) is 34.7 Å². The summed E-state index contributed by atoms with van der Waals surface area (Å²) in [6.07, 6.45) is 30.6. The molecule has 7 nitrogen and oxygen atoms in total. The van der Waals surface area contributed by atoms with Gasteiger partial charge in [0.2, 0.25) is 11.8 Å². The molecule has 0 spiro atoms. The number of nitrogens with zero attached hydrogens (tertiary/aromatic N) is 1. The lowest BCUT2D eigenvalue weighted by atomic mass is 10.1. The van der Waals surface area contributed by atoms with Crippen molar-refractivity contribution in [2.75, 3.05) is 52.4 Å².